The van der Waals surface area contributed by atoms with Gasteiger partial charge in [0.2, 0.25) is 15.9 Å². The van der Waals surface area contributed by atoms with Gasteiger partial charge in [0.25, 0.3) is 0 Å². The summed E-state index contributed by atoms with van der Waals surface area (Å²) in [6.07, 6.45) is 3.09. The van der Waals surface area contributed by atoms with Crippen LogP contribution in [0.1, 0.15) is 18.4 Å². The molecule has 5 nitrogen and oxygen atoms in total. The van der Waals surface area contributed by atoms with Gasteiger partial charge in [-0.2, -0.15) is 4.31 Å². The Bertz CT molecular complexity index is 819. The van der Waals surface area contributed by atoms with Gasteiger partial charge in [0, 0.05) is 25.4 Å². The highest BCUT2D eigenvalue weighted by molar-refractivity contribution is 7.89. The summed E-state index contributed by atoms with van der Waals surface area (Å²) in [6, 6.07) is 9.54. The summed E-state index contributed by atoms with van der Waals surface area (Å²) in [6.45, 7) is 2.95. The zero-order valence-electron chi connectivity index (χ0n) is 14.1. The number of rotatable bonds is 5. The molecule has 0 amide bonds. The minimum atomic E-state index is -3.65. The van der Waals surface area contributed by atoms with Crippen LogP contribution in [0.15, 0.2) is 47.5 Å². The van der Waals surface area contributed by atoms with Crippen LogP contribution in [-0.2, 0) is 10.0 Å². The number of pyridine rings is 1. The molecule has 0 unspecified atom stereocenters. The standard InChI is InChI=1S/C18H21FN2O3S/c1-14-5-6-16(12-17(14)19)25(22,23)21-10-7-15(8-11-21)13-24-18-4-2-3-9-20-18/h2-6,9,12,15H,7-8,10-11,13H2,1H3. The molecular formula is C18H21FN2O3S. The van der Waals surface area contributed by atoms with Crippen LogP contribution < -0.4 is 4.74 Å². The van der Waals surface area contributed by atoms with Crippen LogP contribution in [0, 0.1) is 18.7 Å². The molecule has 1 aromatic heterocycles. The van der Waals surface area contributed by atoms with Gasteiger partial charge < -0.3 is 4.74 Å². The van der Waals surface area contributed by atoms with Crippen LogP contribution in [-0.4, -0.2) is 37.4 Å². The Labute approximate surface area is 147 Å². The number of aryl methyl sites for hydroxylation is 1. The van der Waals surface area contributed by atoms with Crippen LogP contribution in [0.5, 0.6) is 5.88 Å². The third-order valence-corrected chi connectivity index (χ3v) is 6.35. The Morgan fingerprint density at radius 3 is 2.64 bits per heavy atom. The Balaban J connectivity index is 1.58. The molecule has 134 valence electrons. The molecule has 2 heterocycles. The molecular weight excluding hydrogens is 343 g/mol. The van der Waals surface area contributed by atoms with Gasteiger partial charge in [-0.25, -0.2) is 17.8 Å². The highest BCUT2D eigenvalue weighted by Gasteiger charge is 2.30. The normalized spacial score (nSPS) is 16.7. The van der Waals surface area contributed by atoms with Crippen molar-refractivity contribution in [3.63, 3.8) is 0 Å². The maximum atomic E-state index is 13.7. The lowest BCUT2D eigenvalue weighted by atomic mass is 9.99. The molecule has 1 aromatic carbocycles. The smallest absolute Gasteiger partial charge is 0.243 e. The van der Waals surface area contributed by atoms with Crippen molar-refractivity contribution >= 4 is 10.0 Å². The van der Waals surface area contributed by atoms with Crippen LogP contribution in [0.4, 0.5) is 4.39 Å². The van der Waals surface area contributed by atoms with Gasteiger partial charge in [-0.05, 0) is 49.4 Å². The Morgan fingerprint density at radius 2 is 2.00 bits per heavy atom. The van der Waals surface area contributed by atoms with E-state index in [0.29, 0.717) is 44.0 Å². The summed E-state index contributed by atoms with van der Waals surface area (Å²) in [7, 11) is -3.65. The van der Waals surface area contributed by atoms with Crippen molar-refractivity contribution in [2.75, 3.05) is 19.7 Å². The van der Waals surface area contributed by atoms with E-state index in [1.165, 1.54) is 16.4 Å². The van der Waals surface area contributed by atoms with Crippen molar-refractivity contribution in [1.82, 2.24) is 9.29 Å². The van der Waals surface area contributed by atoms with E-state index in [4.69, 9.17) is 4.74 Å². The summed E-state index contributed by atoms with van der Waals surface area (Å²) in [5, 5.41) is 0. The van der Waals surface area contributed by atoms with Crippen LogP contribution in [0.2, 0.25) is 0 Å². The first-order valence-corrected chi connectivity index (χ1v) is 9.71. The Morgan fingerprint density at radius 1 is 1.24 bits per heavy atom. The second kappa shape index (κ2) is 7.49. The zero-order valence-corrected chi connectivity index (χ0v) is 14.9. The summed E-state index contributed by atoms with van der Waals surface area (Å²) in [5.74, 6) is 0.357. The number of ether oxygens (including phenoxy) is 1. The van der Waals surface area contributed by atoms with Gasteiger partial charge in [-0.3, -0.25) is 0 Å². The lowest BCUT2D eigenvalue weighted by Crippen LogP contribution is -2.39. The number of benzene rings is 1. The van der Waals surface area contributed by atoms with Crippen molar-refractivity contribution in [1.29, 1.82) is 0 Å². The molecule has 3 rings (SSSR count). The van der Waals surface area contributed by atoms with Crippen molar-refractivity contribution in [2.24, 2.45) is 5.92 Å². The van der Waals surface area contributed by atoms with E-state index in [1.54, 1.807) is 19.2 Å². The third kappa shape index (κ3) is 4.16. The molecule has 0 atom stereocenters. The molecule has 1 aliphatic heterocycles. The molecule has 7 heteroatoms. The Kier molecular flexibility index (Phi) is 5.34. The van der Waals surface area contributed by atoms with Crippen LogP contribution in [0.3, 0.4) is 0 Å². The first-order chi connectivity index (χ1) is 12.0. The minimum absolute atomic E-state index is 0.0128. The third-order valence-electron chi connectivity index (χ3n) is 4.46. The Hall–Kier alpha value is -1.99. The highest BCUT2D eigenvalue weighted by atomic mass is 32.2. The molecule has 1 aliphatic rings. The molecule has 0 saturated carbocycles. The molecule has 25 heavy (non-hydrogen) atoms. The van der Waals surface area contributed by atoms with Gasteiger partial charge >= 0.3 is 0 Å². The van der Waals surface area contributed by atoms with E-state index in [-0.39, 0.29) is 10.8 Å². The van der Waals surface area contributed by atoms with Crippen molar-refractivity contribution in [2.45, 2.75) is 24.7 Å². The maximum Gasteiger partial charge on any atom is 0.243 e. The second-order valence-corrected chi connectivity index (χ2v) is 8.18. The molecule has 0 radical (unpaired) electrons. The fourth-order valence-electron chi connectivity index (χ4n) is 2.84. The molecule has 0 bridgehead atoms. The number of piperidine rings is 1. The predicted octanol–water partition coefficient (Wildman–Crippen LogP) is 3.01. The van der Waals surface area contributed by atoms with Gasteiger partial charge in [-0.1, -0.05) is 12.1 Å². The molecule has 0 N–H and O–H groups in total. The van der Waals surface area contributed by atoms with E-state index in [0.717, 1.165) is 6.07 Å². The van der Waals surface area contributed by atoms with Crippen LogP contribution >= 0.6 is 0 Å². The number of hydrogen-bond acceptors (Lipinski definition) is 4. The van der Waals surface area contributed by atoms with E-state index in [9.17, 15) is 12.8 Å². The quantitative estimate of drug-likeness (QED) is 0.818. The monoisotopic (exact) mass is 364 g/mol. The SMILES string of the molecule is Cc1ccc(S(=O)(=O)N2CCC(COc3ccccn3)CC2)cc1F. The molecule has 0 aliphatic carbocycles. The van der Waals surface area contributed by atoms with Gasteiger partial charge in [0.1, 0.15) is 5.82 Å². The maximum absolute atomic E-state index is 13.7. The summed E-state index contributed by atoms with van der Waals surface area (Å²) < 4.78 is 46.1. The number of aromatic nitrogens is 1. The minimum Gasteiger partial charge on any atom is -0.477 e. The van der Waals surface area contributed by atoms with Crippen molar-refractivity contribution < 1.29 is 17.5 Å². The van der Waals surface area contributed by atoms with Crippen LogP contribution in [0.25, 0.3) is 0 Å². The molecule has 0 spiro atoms. The van der Waals surface area contributed by atoms with E-state index in [2.05, 4.69) is 4.98 Å². The lowest BCUT2D eigenvalue weighted by molar-refractivity contribution is 0.181. The summed E-state index contributed by atoms with van der Waals surface area (Å²) in [5.41, 5.74) is 0.435. The van der Waals surface area contributed by atoms with Gasteiger partial charge in [-0.15, -0.1) is 0 Å². The predicted molar refractivity (Wildman–Crippen MR) is 92.4 cm³/mol. The van der Waals surface area contributed by atoms with Gasteiger partial charge in [0.05, 0.1) is 11.5 Å². The number of hydrogen-bond donors (Lipinski definition) is 0. The summed E-state index contributed by atoms with van der Waals surface area (Å²) in [4.78, 5) is 4.12. The van der Waals surface area contributed by atoms with E-state index in [1.807, 2.05) is 12.1 Å². The first-order valence-electron chi connectivity index (χ1n) is 8.27. The zero-order chi connectivity index (χ0) is 17.9. The second-order valence-electron chi connectivity index (χ2n) is 6.24. The number of halogens is 1. The first kappa shape index (κ1) is 17.8. The summed E-state index contributed by atoms with van der Waals surface area (Å²) >= 11 is 0. The molecule has 2 aromatic rings. The average molecular weight is 364 g/mol. The molecule has 1 fully saturated rings. The molecule has 1 saturated heterocycles. The fraction of sp³-hybridized carbons (Fsp3) is 0.389. The van der Waals surface area contributed by atoms with Crippen molar-refractivity contribution in [3.05, 3.63) is 54.0 Å². The number of sulfonamides is 1. The average Bonchev–Trinajstić information content (AvgIpc) is 2.63. The van der Waals surface area contributed by atoms with E-state index < -0.39 is 15.8 Å². The van der Waals surface area contributed by atoms with E-state index >= 15 is 0 Å². The number of nitrogens with zero attached hydrogens (tertiary/aromatic N) is 2. The van der Waals surface area contributed by atoms with Crippen molar-refractivity contribution in [3.8, 4) is 5.88 Å². The van der Waals surface area contributed by atoms with Gasteiger partial charge in [0.15, 0.2) is 0 Å². The highest BCUT2D eigenvalue weighted by Crippen LogP contribution is 2.25. The topological polar surface area (TPSA) is 59.5 Å². The largest absolute Gasteiger partial charge is 0.477 e. The lowest BCUT2D eigenvalue weighted by Gasteiger charge is -2.31. The fourth-order valence-corrected chi connectivity index (χ4v) is 4.32.